The summed E-state index contributed by atoms with van der Waals surface area (Å²) in [6.45, 7) is 7.86. The molecule has 1 aromatic rings. The molecule has 2 amide bonds. The van der Waals surface area contributed by atoms with E-state index in [2.05, 4.69) is 10.6 Å². The smallest absolute Gasteiger partial charge is 0.315 e. The van der Waals surface area contributed by atoms with Crippen molar-refractivity contribution in [3.05, 3.63) is 22.4 Å². The van der Waals surface area contributed by atoms with Gasteiger partial charge in [0.25, 0.3) is 0 Å². The molecule has 1 rings (SSSR count). The van der Waals surface area contributed by atoms with E-state index in [0.717, 1.165) is 0 Å². The minimum Gasteiger partial charge on any atom is -0.334 e. The molecule has 0 saturated heterocycles. The monoisotopic (exact) mass is 226 g/mol. The Hall–Kier alpha value is -1.03. The van der Waals surface area contributed by atoms with Crippen molar-refractivity contribution >= 4 is 17.4 Å². The quantitative estimate of drug-likeness (QED) is 0.800. The number of thiophene rings is 1. The summed E-state index contributed by atoms with van der Waals surface area (Å²) in [6.07, 6.45) is 0. The van der Waals surface area contributed by atoms with E-state index in [0.29, 0.717) is 0 Å². The van der Waals surface area contributed by atoms with Gasteiger partial charge in [0.15, 0.2) is 0 Å². The van der Waals surface area contributed by atoms with Gasteiger partial charge in [-0.05, 0) is 39.1 Å². The van der Waals surface area contributed by atoms with E-state index in [1.807, 2.05) is 45.2 Å². The summed E-state index contributed by atoms with van der Waals surface area (Å²) in [5, 5.41) is 7.77. The zero-order valence-corrected chi connectivity index (χ0v) is 10.4. The number of carbonyl (C=O) groups excluding carboxylic acids is 1. The lowest BCUT2D eigenvalue weighted by Crippen LogP contribution is -2.46. The van der Waals surface area contributed by atoms with E-state index in [4.69, 9.17) is 0 Å². The van der Waals surface area contributed by atoms with E-state index >= 15 is 0 Å². The third-order valence-corrected chi connectivity index (χ3v) is 2.86. The molecular weight excluding hydrogens is 208 g/mol. The van der Waals surface area contributed by atoms with Gasteiger partial charge >= 0.3 is 6.03 Å². The Morgan fingerprint density at radius 1 is 1.47 bits per heavy atom. The highest BCUT2D eigenvalue weighted by molar-refractivity contribution is 7.10. The Morgan fingerprint density at radius 3 is 2.60 bits per heavy atom. The molecule has 1 aromatic heterocycles. The number of hydrogen-bond acceptors (Lipinski definition) is 2. The van der Waals surface area contributed by atoms with Crippen molar-refractivity contribution in [3.8, 4) is 0 Å². The van der Waals surface area contributed by atoms with Gasteiger partial charge in [0.05, 0.1) is 6.04 Å². The van der Waals surface area contributed by atoms with Crippen LogP contribution < -0.4 is 10.6 Å². The van der Waals surface area contributed by atoms with Crippen molar-refractivity contribution in [3.63, 3.8) is 0 Å². The molecule has 0 saturated carbocycles. The summed E-state index contributed by atoms with van der Waals surface area (Å²) in [5.74, 6) is 0. The largest absolute Gasteiger partial charge is 0.334 e. The van der Waals surface area contributed by atoms with Crippen molar-refractivity contribution in [2.24, 2.45) is 0 Å². The minimum absolute atomic E-state index is 0.0624. The highest BCUT2D eigenvalue weighted by atomic mass is 32.1. The first kappa shape index (κ1) is 12.0. The number of carbonyl (C=O) groups is 1. The summed E-state index contributed by atoms with van der Waals surface area (Å²) in [4.78, 5) is 12.7. The number of nitrogens with one attached hydrogen (secondary N) is 2. The SMILES string of the molecule is CC(NC(=O)NC(C)(C)C)c1cccs1. The average molecular weight is 226 g/mol. The molecule has 2 N–H and O–H groups in total. The Bertz CT molecular complexity index is 314. The highest BCUT2D eigenvalue weighted by Crippen LogP contribution is 2.17. The predicted molar refractivity (Wildman–Crippen MR) is 64.2 cm³/mol. The molecule has 0 radical (unpaired) electrons. The van der Waals surface area contributed by atoms with Crippen molar-refractivity contribution in [1.29, 1.82) is 0 Å². The van der Waals surface area contributed by atoms with Gasteiger partial charge in [-0.3, -0.25) is 0 Å². The Labute approximate surface area is 94.9 Å². The molecule has 0 fully saturated rings. The second-order valence-corrected chi connectivity index (χ2v) is 5.56. The number of rotatable bonds is 2. The van der Waals surface area contributed by atoms with Crippen LogP contribution in [0.1, 0.15) is 38.6 Å². The van der Waals surface area contributed by atoms with Gasteiger partial charge in [0.2, 0.25) is 0 Å². The molecule has 0 aliphatic rings. The summed E-state index contributed by atoms with van der Waals surface area (Å²) in [7, 11) is 0. The third kappa shape index (κ3) is 4.34. The van der Waals surface area contributed by atoms with Crippen molar-refractivity contribution in [2.45, 2.75) is 39.3 Å². The molecule has 4 heteroatoms. The molecule has 84 valence electrons. The molecule has 1 heterocycles. The molecule has 0 aromatic carbocycles. The van der Waals surface area contributed by atoms with Crippen molar-refractivity contribution in [2.75, 3.05) is 0 Å². The van der Waals surface area contributed by atoms with Crippen LogP contribution in [-0.2, 0) is 0 Å². The maximum absolute atomic E-state index is 11.5. The van der Waals surface area contributed by atoms with Crippen LogP contribution in [0, 0.1) is 0 Å². The molecule has 1 atom stereocenters. The van der Waals surface area contributed by atoms with Crippen LogP contribution in [0.2, 0.25) is 0 Å². The van der Waals surface area contributed by atoms with Gasteiger partial charge in [-0.2, -0.15) is 0 Å². The van der Waals surface area contributed by atoms with Gasteiger partial charge < -0.3 is 10.6 Å². The standard InChI is InChI=1S/C11H18N2OS/c1-8(9-6-5-7-15-9)12-10(14)13-11(2,3)4/h5-8H,1-4H3,(H2,12,13,14). The average Bonchev–Trinajstić information content (AvgIpc) is 2.50. The maximum Gasteiger partial charge on any atom is 0.315 e. The molecular formula is C11H18N2OS. The van der Waals surface area contributed by atoms with Crippen LogP contribution in [-0.4, -0.2) is 11.6 Å². The Balaban J connectivity index is 2.45. The van der Waals surface area contributed by atoms with Crippen LogP contribution >= 0.6 is 11.3 Å². The van der Waals surface area contributed by atoms with Gasteiger partial charge in [-0.1, -0.05) is 6.07 Å². The Kier molecular flexibility index (Phi) is 3.74. The molecule has 1 unspecified atom stereocenters. The van der Waals surface area contributed by atoms with Crippen LogP contribution in [0.5, 0.6) is 0 Å². The zero-order chi connectivity index (χ0) is 11.5. The van der Waals surface area contributed by atoms with E-state index in [1.165, 1.54) is 4.88 Å². The van der Waals surface area contributed by atoms with Crippen molar-refractivity contribution < 1.29 is 4.79 Å². The fraction of sp³-hybridized carbons (Fsp3) is 0.545. The number of urea groups is 1. The molecule has 15 heavy (non-hydrogen) atoms. The second kappa shape index (κ2) is 4.66. The van der Waals surface area contributed by atoms with Gasteiger partial charge in [0.1, 0.15) is 0 Å². The first-order valence-electron chi connectivity index (χ1n) is 5.00. The van der Waals surface area contributed by atoms with Crippen molar-refractivity contribution in [1.82, 2.24) is 10.6 Å². The lowest BCUT2D eigenvalue weighted by molar-refractivity contribution is 0.229. The van der Waals surface area contributed by atoms with E-state index < -0.39 is 0 Å². The predicted octanol–water partition coefficient (Wildman–Crippen LogP) is 2.91. The van der Waals surface area contributed by atoms with E-state index in [-0.39, 0.29) is 17.6 Å². The summed E-state index contributed by atoms with van der Waals surface area (Å²) < 4.78 is 0. The molecule has 0 aliphatic heterocycles. The molecule has 0 spiro atoms. The van der Waals surface area contributed by atoms with E-state index in [9.17, 15) is 4.79 Å². The number of hydrogen-bond donors (Lipinski definition) is 2. The fourth-order valence-corrected chi connectivity index (χ4v) is 1.92. The summed E-state index contributed by atoms with van der Waals surface area (Å²) >= 11 is 1.65. The summed E-state index contributed by atoms with van der Waals surface area (Å²) in [5.41, 5.74) is -0.195. The maximum atomic E-state index is 11.5. The minimum atomic E-state index is -0.195. The third-order valence-electron chi connectivity index (χ3n) is 1.81. The first-order chi connectivity index (χ1) is 6.88. The molecule has 0 bridgehead atoms. The van der Waals surface area contributed by atoms with Crippen LogP contribution in [0.4, 0.5) is 4.79 Å². The first-order valence-corrected chi connectivity index (χ1v) is 5.88. The lowest BCUT2D eigenvalue weighted by Gasteiger charge is -2.22. The molecule has 0 aliphatic carbocycles. The fourth-order valence-electron chi connectivity index (χ4n) is 1.18. The highest BCUT2D eigenvalue weighted by Gasteiger charge is 2.15. The van der Waals surface area contributed by atoms with Crippen LogP contribution in [0.3, 0.4) is 0 Å². The van der Waals surface area contributed by atoms with Gasteiger partial charge in [-0.15, -0.1) is 11.3 Å². The van der Waals surface area contributed by atoms with Crippen LogP contribution in [0.25, 0.3) is 0 Å². The zero-order valence-electron chi connectivity index (χ0n) is 9.63. The van der Waals surface area contributed by atoms with Gasteiger partial charge in [0, 0.05) is 10.4 Å². The summed E-state index contributed by atoms with van der Waals surface area (Å²) in [6, 6.07) is 3.95. The topological polar surface area (TPSA) is 41.1 Å². The Morgan fingerprint density at radius 2 is 2.13 bits per heavy atom. The normalized spacial score (nSPS) is 13.3. The number of amides is 2. The van der Waals surface area contributed by atoms with Gasteiger partial charge in [-0.25, -0.2) is 4.79 Å². The van der Waals surface area contributed by atoms with Crippen LogP contribution in [0.15, 0.2) is 17.5 Å². The van der Waals surface area contributed by atoms with E-state index in [1.54, 1.807) is 11.3 Å². The second-order valence-electron chi connectivity index (χ2n) is 4.59. The lowest BCUT2D eigenvalue weighted by atomic mass is 10.1. The molecule has 3 nitrogen and oxygen atoms in total.